The zero-order valence-electron chi connectivity index (χ0n) is 18.7. The highest BCUT2D eigenvalue weighted by molar-refractivity contribution is 5.93. The van der Waals surface area contributed by atoms with Gasteiger partial charge in [0.05, 0.1) is 0 Å². The number of benzene rings is 3. The smallest absolute Gasteiger partial charge is 0.267 e. The number of fused-ring (bicyclic) bond motifs is 2. The van der Waals surface area contributed by atoms with Crippen molar-refractivity contribution in [1.82, 2.24) is 30.4 Å². The van der Waals surface area contributed by atoms with Crippen LogP contribution in [0.4, 0.5) is 0 Å². The molecule has 36 heavy (non-hydrogen) atoms. The second-order valence-corrected chi connectivity index (χ2v) is 8.17. The van der Waals surface area contributed by atoms with Gasteiger partial charge in [0.25, 0.3) is 11.8 Å². The fourth-order valence-electron chi connectivity index (χ4n) is 4.24. The van der Waals surface area contributed by atoms with Crippen molar-refractivity contribution in [2.24, 2.45) is 0 Å². The molecule has 0 aliphatic carbocycles. The van der Waals surface area contributed by atoms with E-state index in [4.69, 9.17) is 8.83 Å². The van der Waals surface area contributed by atoms with Gasteiger partial charge in [0.2, 0.25) is 11.8 Å². The van der Waals surface area contributed by atoms with Gasteiger partial charge in [-0.2, -0.15) is 0 Å². The van der Waals surface area contributed by atoms with E-state index in [2.05, 4.69) is 30.4 Å². The van der Waals surface area contributed by atoms with Crippen LogP contribution in [0.2, 0.25) is 0 Å². The lowest BCUT2D eigenvalue weighted by Crippen LogP contribution is -1.85. The number of rotatable bonds is 4. The van der Waals surface area contributed by atoms with E-state index in [-0.39, 0.29) is 0 Å². The van der Waals surface area contributed by atoms with Crippen LogP contribution in [0.1, 0.15) is 0 Å². The SMILES string of the molecule is c1cc(-c2nnc(-c3nccc4ccccc34)o2)cc(-c2nnc(-c3nccc4ccccc34)o2)c1. The first-order valence-corrected chi connectivity index (χ1v) is 11.3. The average Bonchev–Trinajstić information content (AvgIpc) is 3.63. The van der Waals surface area contributed by atoms with Crippen LogP contribution in [-0.4, -0.2) is 30.4 Å². The molecule has 0 fully saturated rings. The van der Waals surface area contributed by atoms with Crippen LogP contribution in [0.15, 0.2) is 106 Å². The van der Waals surface area contributed by atoms with Crippen molar-refractivity contribution in [3.05, 3.63) is 97.3 Å². The molecule has 0 spiro atoms. The fraction of sp³-hybridized carbons (Fsp3) is 0. The molecule has 0 aliphatic heterocycles. The molecule has 4 aromatic heterocycles. The molecule has 0 radical (unpaired) electrons. The summed E-state index contributed by atoms with van der Waals surface area (Å²) in [6, 6.07) is 27.3. The topological polar surface area (TPSA) is 104 Å². The highest BCUT2D eigenvalue weighted by Crippen LogP contribution is 2.31. The Labute approximate surface area is 204 Å². The summed E-state index contributed by atoms with van der Waals surface area (Å²) in [5.74, 6) is 1.46. The second-order valence-electron chi connectivity index (χ2n) is 8.17. The van der Waals surface area contributed by atoms with Crippen molar-refractivity contribution in [3.63, 3.8) is 0 Å². The summed E-state index contributed by atoms with van der Waals surface area (Å²) < 4.78 is 12.0. The number of hydrogen-bond donors (Lipinski definition) is 0. The lowest BCUT2D eigenvalue weighted by atomic mass is 10.1. The molecule has 0 unspecified atom stereocenters. The van der Waals surface area contributed by atoms with Gasteiger partial charge in [0, 0.05) is 34.3 Å². The van der Waals surface area contributed by atoms with Gasteiger partial charge in [0.1, 0.15) is 11.4 Å². The van der Waals surface area contributed by atoms with E-state index >= 15 is 0 Å². The highest BCUT2D eigenvalue weighted by Gasteiger charge is 2.17. The Morgan fingerprint density at radius 1 is 0.444 bits per heavy atom. The summed E-state index contributed by atoms with van der Waals surface area (Å²) in [7, 11) is 0. The van der Waals surface area contributed by atoms with Crippen molar-refractivity contribution in [2.45, 2.75) is 0 Å². The standard InChI is InChI=1S/C28H16N6O2/c1-3-10-21-17(6-1)12-14-29-23(21)27-33-31-25(35-27)19-8-5-9-20(16-19)26-32-34-28(36-26)24-22-11-4-2-7-18(22)13-15-30-24/h1-16H. The molecule has 8 nitrogen and oxygen atoms in total. The van der Waals surface area contributed by atoms with E-state index < -0.39 is 0 Å². The van der Waals surface area contributed by atoms with Crippen LogP contribution >= 0.6 is 0 Å². The molecule has 4 heterocycles. The Hall–Kier alpha value is -5.24. The molecular formula is C28H16N6O2. The first-order valence-electron chi connectivity index (χ1n) is 11.3. The maximum absolute atomic E-state index is 6.02. The first kappa shape index (κ1) is 20.2. The van der Waals surface area contributed by atoms with Crippen molar-refractivity contribution in [2.75, 3.05) is 0 Å². The van der Waals surface area contributed by atoms with Gasteiger partial charge in [-0.25, -0.2) is 0 Å². The molecule has 7 rings (SSSR count). The average molecular weight is 468 g/mol. The second kappa shape index (κ2) is 8.21. The summed E-state index contributed by atoms with van der Waals surface area (Å²) in [5, 5.41) is 21.0. The van der Waals surface area contributed by atoms with Crippen molar-refractivity contribution in [1.29, 1.82) is 0 Å². The molecule has 0 saturated carbocycles. The van der Waals surface area contributed by atoms with Crippen LogP contribution in [0.3, 0.4) is 0 Å². The lowest BCUT2D eigenvalue weighted by Gasteiger charge is -2.01. The number of nitrogens with zero attached hydrogens (tertiary/aromatic N) is 6. The van der Waals surface area contributed by atoms with Gasteiger partial charge >= 0.3 is 0 Å². The minimum Gasteiger partial charge on any atom is -0.415 e. The predicted molar refractivity (Wildman–Crippen MR) is 134 cm³/mol. The summed E-state index contributed by atoms with van der Waals surface area (Å²) in [5.41, 5.74) is 2.75. The molecule has 0 bridgehead atoms. The van der Waals surface area contributed by atoms with E-state index in [1.165, 1.54) is 0 Å². The van der Waals surface area contributed by atoms with Crippen LogP contribution in [0, 0.1) is 0 Å². The Morgan fingerprint density at radius 3 is 1.44 bits per heavy atom. The summed E-state index contributed by atoms with van der Waals surface area (Å²) in [6.45, 7) is 0. The molecule has 0 atom stereocenters. The third-order valence-electron chi connectivity index (χ3n) is 5.96. The molecule has 0 amide bonds. The van der Waals surface area contributed by atoms with Crippen molar-refractivity contribution < 1.29 is 8.83 Å². The Kier molecular flexibility index (Phi) is 4.60. The van der Waals surface area contributed by atoms with E-state index in [9.17, 15) is 0 Å². The van der Waals surface area contributed by atoms with Crippen molar-refractivity contribution >= 4 is 21.5 Å². The van der Waals surface area contributed by atoms with E-state index in [0.717, 1.165) is 32.7 Å². The summed E-state index contributed by atoms with van der Waals surface area (Å²) >= 11 is 0. The molecule has 0 saturated heterocycles. The van der Waals surface area contributed by atoms with Gasteiger partial charge in [-0.05, 0) is 41.1 Å². The molecule has 3 aromatic carbocycles. The van der Waals surface area contributed by atoms with Gasteiger partial charge < -0.3 is 8.83 Å². The van der Waals surface area contributed by atoms with Crippen LogP contribution in [0.5, 0.6) is 0 Å². The minimum atomic E-state index is 0.356. The lowest BCUT2D eigenvalue weighted by molar-refractivity contribution is 0.581. The van der Waals surface area contributed by atoms with Gasteiger partial charge in [-0.15, -0.1) is 20.4 Å². The molecule has 0 aliphatic rings. The largest absolute Gasteiger partial charge is 0.415 e. The fourth-order valence-corrected chi connectivity index (χ4v) is 4.24. The highest BCUT2D eigenvalue weighted by atomic mass is 16.4. The zero-order valence-corrected chi connectivity index (χ0v) is 18.7. The van der Waals surface area contributed by atoms with E-state index in [0.29, 0.717) is 35.0 Å². The summed E-state index contributed by atoms with van der Waals surface area (Å²) in [4.78, 5) is 8.93. The quantitative estimate of drug-likeness (QED) is 0.300. The van der Waals surface area contributed by atoms with Gasteiger partial charge in [0.15, 0.2) is 0 Å². The monoisotopic (exact) mass is 468 g/mol. The molecule has 0 N–H and O–H groups in total. The first-order chi connectivity index (χ1) is 17.8. The molecule has 7 aromatic rings. The number of aromatic nitrogens is 6. The van der Waals surface area contributed by atoms with Gasteiger partial charge in [-0.3, -0.25) is 9.97 Å². The van der Waals surface area contributed by atoms with Crippen LogP contribution < -0.4 is 0 Å². The predicted octanol–water partition coefficient (Wildman–Crippen LogP) is 6.22. The maximum atomic E-state index is 6.02. The maximum Gasteiger partial charge on any atom is 0.267 e. The third-order valence-corrected chi connectivity index (χ3v) is 5.96. The van der Waals surface area contributed by atoms with Crippen LogP contribution in [0.25, 0.3) is 67.6 Å². The van der Waals surface area contributed by atoms with Gasteiger partial charge in [-0.1, -0.05) is 54.6 Å². The number of pyridine rings is 2. The summed E-state index contributed by atoms with van der Waals surface area (Å²) in [6.07, 6.45) is 3.47. The Bertz CT molecular complexity index is 1730. The molecular weight excluding hydrogens is 452 g/mol. The van der Waals surface area contributed by atoms with Crippen LogP contribution in [-0.2, 0) is 0 Å². The van der Waals surface area contributed by atoms with Crippen molar-refractivity contribution in [3.8, 4) is 46.1 Å². The minimum absolute atomic E-state index is 0.356. The Balaban J connectivity index is 1.24. The molecule has 8 heteroatoms. The van der Waals surface area contributed by atoms with E-state index in [1.54, 1.807) is 12.4 Å². The number of hydrogen-bond acceptors (Lipinski definition) is 8. The Morgan fingerprint density at radius 2 is 0.917 bits per heavy atom. The normalized spacial score (nSPS) is 11.3. The molecule has 170 valence electrons. The van der Waals surface area contributed by atoms with E-state index in [1.807, 2.05) is 84.9 Å². The zero-order chi connectivity index (χ0) is 23.9. The third kappa shape index (κ3) is 3.40.